The molecule has 2 rings (SSSR count). The van der Waals surface area contributed by atoms with Gasteiger partial charge in [0.05, 0.1) is 6.42 Å². The minimum Gasteiger partial charge on any atom is -0.339 e. The predicted octanol–water partition coefficient (Wildman–Crippen LogP) is 3.89. The Kier molecular flexibility index (Phi) is 5.53. The molecule has 1 saturated heterocycles. The number of rotatable bonds is 5. The van der Waals surface area contributed by atoms with Gasteiger partial charge in [-0.05, 0) is 43.4 Å². The van der Waals surface area contributed by atoms with Crippen molar-refractivity contribution in [3.63, 3.8) is 0 Å². The summed E-state index contributed by atoms with van der Waals surface area (Å²) in [6, 6.07) is 7.91. The topological polar surface area (TPSA) is 20.3 Å². The Hall–Kier alpha value is -0.730. The van der Waals surface area contributed by atoms with Crippen LogP contribution in [0.2, 0.25) is 5.02 Å². The molecule has 1 fully saturated rings. The van der Waals surface area contributed by atoms with E-state index in [2.05, 4.69) is 0 Å². The molecule has 104 valence electrons. The first-order valence-electron chi connectivity index (χ1n) is 6.80. The molecule has 0 bridgehead atoms. The van der Waals surface area contributed by atoms with Crippen LogP contribution in [0, 0.1) is 0 Å². The lowest BCUT2D eigenvalue weighted by Gasteiger charge is -2.24. The Morgan fingerprint density at radius 1 is 1.42 bits per heavy atom. The van der Waals surface area contributed by atoms with Crippen LogP contribution in [-0.4, -0.2) is 29.3 Å². The van der Waals surface area contributed by atoms with Crippen LogP contribution >= 0.6 is 23.2 Å². The summed E-state index contributed by atoms with van der Waals surface area (Å²) in [5.41, 5.74) is 0.987. The second-order valence-electron chi connectivity index (χ2n) is 5.02. The normalized spacial score (nSPS) is 18.8. The molecule has 0 saturated carbocycles. The zero-order chi connectivity index (χ0) is 13.7. The van der Waals surface area contributed by atoms with Gasteiger partial charge in [0.2, 0.25) is 5.91 Å². The van der Waals surface area contributed by atoms with Crippen molar-refractivity contribution in [2.75, 3.05) is 12.4 Å². The average Bonchev–Trinajstić information content (AvgIpc) is 2.84. The fraction of sp³-hybridized carbons (Fsp3) is 0.533. The summed E-state index contributed by atoms with van der Waals surface area (Å²) in [6.45, 7) is 0.881. The van der Waals surface area contributed by atoms with Crippen molar-refractivity contribution >= 4 is 29.1 Å². The van der Waals surface area contributed by atoms with E-state index in [4.69, 9.17) is 23.2 Å². The van der Waals surface area contributed by atoms with Gasteiger partial charge in [0.1, 0.15) is 0 Å². The number of alkyl halides is 1. The number of carbonyl (C=O) groups excluding carboxylic acids is 1. The molecule has 0 spiro atoms. The van der Waals surface area contributed by atoms with Crippen molar-refractivity contribution in [3.05, 3.63) is 34.9 Å². The SMILES string of the molecule is O=C(Cc1cccc(Cl)c1)N1CCCC1CCCCl. The quantitative estimate of drug-likeness (QED) is 0.755. The van der Waals surface area contributed by atoms with E-state index in [0.29, 0.717) is 23.4 Å². The molecule has 1 aliphatic rings. The van der Waals surface area contributed by atoms with Gasteiger partial charge in [0.25, 0.3) is 0 Å². The highest BCUT2D eigenvalue weighted by Crippen LogP contribution is 2.23. The number of halogens is 2. The summed E-state index contributed by atoms with van der Waals surface area (Å²) in [7, 11) is 0. The van der Waals surface area contributed by atoms with Gasteiger partial charge < -0.3 is 4.90 Å². The summed E-state index contributed by atoms with van der Waals surface area (Å²) in [5, 5.41) is 0.686. The molecule has 4 heteroatoms. The van der Waals surface area contributed by atoms with Crippen LogP contribution in [0.1, 0.15) is 31.2 Å². The van der Waals surface area contributed by atoms with Gasteiger partial charge in [0.15, 0.2) is 0 Å². The van der Waals surface area contributed by atoms with Gasteiger partial charge >= 0.3 is 0 Å². The Labute approximate surface area is 124 Å². The van der Waals surface area contributed by atoms with Crippen LogP contribution in [0.3, 0.4) is 0 Å². The standard InChI is InChI=1S/C15H19Cl2NO/c16-8-2-6-14-7-3-9-18(14)15(19)11-12-4-1-5-13(17)10-12/h1,4-5,10,14H,2-3,6-9,11H2. The van der Waals surface area contributed by atoms with E-state index in [1.54, 1.807) is 0 Å². The van der Waals surface area contributed by atoms with Gasteiger partial charge in [-0.3, -0.25) is 4.79 Å². The minimum atomic E-state index is 0.208. The first kappa shape index (κ1) is 14.7. The first-order chi connectivity index (χ1) is 9.20. The monoisotopic (exact) mass is 299 g/mol. The van der Waals surface area contributed by atoms with E-state index in [-0.39, 0.29) is 5.91 Å². The third-order valence-corrected chi connectivity index (χ3v) is 4.12. The van der Waals surface area contributed by atoms with Crippen molar-refractivity contribution in [2.24, 2.45) is 0 Å². The van der Waals surface area contributed by atoms with Crippen LogP contribution in [0.15, 0.2) is 24.3 Å². The number of nitrogens with zero attached hydrogens (tertiary/aromatic N) is 1. The fourth-order valence-corrected chi connectivity index (χ4v) is 3.07. The van der Waals surface area contributed by atoms with Gasteiger partial charge in [-0.15, -0.1) is 11.6 Å². The molecule has 2 nitrogen and oxygen atoms in total. The number of carbonyl (C=O) groups is 1. The summed E-state index contributed by atoms with van der Waals surface area (Å²) in [4.78, 5) is 14.4. The van der Waals surface area contributed by atoms with Gasteiger partial charge in [-0.25, -0.2) is 0 Å². The second kappa shape index (κ2) is 7.16. The first-order valence-corrected chi connectivity index (χ1v) is 7.72. The number of hydrogen-bond acceptors (Lipinski definition) is 1. The maximum atomic E-state index is 12.3. The van der Waals surface area contributed by atoms with Crippen LogP contribution < -0.4 is 0 Å². The van der Waals surface area contributed by atoms with Crippen molar-refractivity contribution in [3.8, 4) is 0 Å². The molecule has 0 N–H and O–H groups in total. The third kappa shape index (κ3) is 4.12. The predicted molar refractivity (Wildman–Crippen MR) is 79.8 cm³/mol. The maximum absolute atomic E-state index is 12.3. The van der Waals surface area contributed by atoms with E-state index in [1.807, 2.05) is 29.2 Å². The summed E-state index contributed by atoms with van der Waals surface area (Å²) in [5.74, 6) is 0.881. The molecule has 0 aromatic heterocycles. The lowest BCUT2D eigenvalue weighted by atomic mass is 10.1. The molecule has 1 aliphatic heterocycles. The third-order valence-electron chi connectivity index (χ3n) is 3.61. The molecule has 1 aromatic rings. The maximum Gasteiger partial charge on any atom is 0.227 e. The molecule has 1 unspecified atom stereocenters. The smallest absolute Gasteiger partial charge is 0.227 e. The molecule has 19 heavy (non-hydrogen) atoms. The molecular weight excluding hydrogens is 281 g/mol. The van der Waals surface area contributed by atoms with E-state index >= 15 is 0 Å². The van der Waals surface area contributed by atoms with Crippen LogP contribution in [0.25, 0.3) is 0 Å². The highest BCUT2D eigenvalue weighted by molar-refractivity contribution is 6.30. The summed E-state index contributed by atoms with van der Waals surface area (Å²) < 4.78 is 0. The van der Waals surface area contributed by atoms with Crippen LogP contribution in [-0.2, 0) is 11.2 Å². The fourth-order valence-electron chi connectivity index (χ4n) is 2.70. The lowest BCUT2D eigenvalue weighted by Crippen LogP contribution is -2.36. The second-order valence-corrected chi connectivity index (χ2v) is 5.84. The minimum absolute atomic E-state index is 0.208. The lowest BCUT2D eigenvalue weighted by molar-refractivity contribution is -0.131. The Bertz CT molecular complexity index is 436. The van der Waals surface area contributed by atoms with E-state index < -0.39 is 0 Å². The van der Waals surface area contributed by atoms with E-state index in [1.165, 1.54) is 0 Å². The summed E-state index contributed by atoms with van der Waals surface area (Å²) >= 11 is 11.7. The summed E-state index contributed by atoms with van der Waals surface area (Å²) in [6.07, 6.45) is 4.66. The highest BCUT2D eigenvalue weighted by Gasteiger charge is 2.27. The van der Waals surface area contributed by atoms with E-state index in [9.17, 15) is 4.79 Å². The van der Waals surface area contributed by atoms with Crippen LogP contribution in [0.5, 0.6) is 0 Å². The number of likely N-dealkylation sites (tertiary alicyclic amines) is 1. The average molecular weight is 300 g/mol. The van der Waals surface area contributed by atoms with Gasteiger partial charge in [-0.1, -0.05) is 23.7 Å². The largest absolute Gasteiger partial charge is 0.339 e. The Balaban J connectivity index is 1.95. The molecule has 1 atom stereocenters. The highest BCUT2D eigenvalue weighted by atomic mass is 35.5. The molecule has 1 amide bonds. The Morgan fingerprint density at radius 2 is 2.26 bits per heavy atom. The molecule has 0 radical (unpaired) electrons. The Morgan fingerprint density at radius 3 is 3.00 bits per heavy atom. The van der Waals surface area contributed by atoms with Gasteiger partial charge in [-0.2, -0.15) is 0 Å². The van der Waals surface area contributed by atoms with Gasteiger partial charge in [0, 0.05) is 23.5 Å². The van der Waals surface area contributed by atoms with Crippen molar-refractivity contribution in [2.45, 2.75) is 38.1 Å². The molecule has 1 heterocycles. The van der Waals surface area contributed by atoms with Crippen molar-refractivity contribution in [1.82, 2.24) is 4.90 Å². The molecule has 0 aliphatic carbocycles. The van der Waals surface area contributed by atoms with E-state index in [0.717, 1.165) is 37.8 Å². The molecular formula is C15H19Cl2NO. The van der Waals surface area contributed by atoms with Crippen molar-refractivity contribution < 1.29 is 4.79 Å². The molecule has 1 aromatic carbocycles. The van der Waals surface area contributed by atoms with Crippen molar-refractivity contribution in [1.29, 1.82) is 0 Å². The zero-order valence-corrected chi connectivity index (χ0v) is 12.5. The van der Waals surface area contributed by atoms with Crippen LogP contribution in [0.4, 0.5) is 0 Å². The number of hydrogen-bond donors (Lipinski definition) is 0. The zero-order valence-electron chi connectivity index (χ0n) is 10.9. The number of amides is 1. The number of benzene rings is 1.